The molecule has 2 N–H and O–H groups in total. The number of rotatable bonds is 5. The van der Waals surface area contributed by atoms with Crippen LogP contribution in [0.3, 0.4) is 0 Å². The fraction of sp³-hybridized carbons (Fsp3) is 0.474. The predicted molar refractivity (Wildman–Crippen MR) is 102 cm³/mol. The largest absolute Gasteiger partial charge is 0.486 e. The van der Waals surface area contributed by atoms with Gasteiger partial charge in [-0.3, -0.25) is 9.67 Å². The number of fused-ring (bicyclic) bond motifs is 1. The molecule has 1 aliphatic heterocycles. The second kappa shape index (κ2) is 7.68. The van der Waals surface area contributed by atoms with Crippen LogP contribution >= 0.6 is 0 Å². The molecule has 0 saturated carbocycles. The summed E-state index contributed by atoms with van der Waals surface area (Å²) in [5.41, 5.74) is 2.19. The highest BCUT2D eigenvalue weighted by Crippen LogP contribution is 2.34. The first-order valence-electron chi connectivity index (χ1n) is 8.81. The van der Waals surface area contributed by atoms with Crippen LogP contribution in [0, 0.1) is 0 Å². The molecular formula is C19H27N5O2. The lowest BCUT2D eigenvalue weighted by Gasteiger charge is -2.28. The van der Waals surface area contributed by atoms with Crippen LogP contribution in [0.5, 0.6) is 11.5 Å². The lowest BCUT2D eigenvalue weighted by Crippen LogP contribution is -2.43. The van der Waals surface area contributed by atoms with E-state index in [1.807, 2.05) is 23.9 Å². The number of nitrogens with zero attached hydrogens (tertiary/aromatic N) is 3. The van der Waals surface area contributed by atoms with Crippen molar-refractivity contribution in [3.8, 4) is 11.5 Å². The highest BCUT2D eigenvalue weighted by Gasteiger charge is 2.23. The molecule has 0 unspecified atom stereocenters. The van der Waals surface area contributed by atoms with Gasteiger partial charge in [0.15, 0.2) is 17.5 Å². The van der Waals surface area contributed by atoms with Crippen molar-refractivity contribution in [1.82, 2.24) is 20.4 Å². The number of aryl methyl sites for hydroxylation is 1. The van der Waals surface area contributed by atoms with Crippen LogP contribution in [0.1, 0.15) is 25.1 Å². The topological polar surface area (TPSA) is 72.7 Å². The number of benzene rings is 1. The van der Waals surface area contributed by atoms with Crippen molar-refractivity contribution in [3.05, 3.63) is 41.7 Å². The summed E-state index contributed by atoms with van der Waals surface area (Å²) in [7, 11) is 3.70. The van der Waals surface area contributed by atoms with Gasteiger partial charge in [-0.2, -0.15) is 5.10 Å². The zero-order valence-electron chi connectivity index (χ0n) is 15.9. The minimum Gasteiger partial charge on any atom is -0.486 e. The Hall–Kier alpha value is -2.70. The maximum atomic E-state index is 5.71. The van der Waals surface area contributed by atoms with Crippen LogP contribution < -0.4 is 20.1 Å². The first-order valence-corrected chi connectivity index (χ1v) is 8.81. The Morgan fingerprint density at radius 3 is 2.65 bits per heavy atom. The van der Waals surface area contributed by atoms with Gasteiger partial charge in [-0.15, -0.1) is 0 Å². The van der Waals surface area contributed by atoms with E-state index in [2.05, 4.69) is 46.7 Å². The normalized spacial score (nSPS) is 14.2. The van der Waals surface area contributed by atoms with Gasteiger partial charge in [0.05, 0.1) is 12.2 Å². The molecule has 2 aromatic rings. The van der Waals surface area contributed by atoms with E-state index in [0.717, 1.165) is 29.7 Å². The molecule has 0 saturated heterocycles. The summed E-state index contributed by atoms with van der Waals surface area (Å²) in [6.07, 6.45) is 1.79. The molecule has 0 aliphatic carbocycles. The summed E-state index contributed by atoms with van der Waals surface area (Å²) in [5, 5.41) is 10.9. The van der Waals surface area contributed by atoms with Gasteiger partial charge in [-0.25, -0.2) is 0 Å². The molecule has 1 aliphatic rings. The molecule has 140 valence electrons. The number of nitrogens with one attached hydrogen (secondary N) is 2. The summed E-state index contributed by atoms with van der Waals surface area (Å²) in [4.78, 5) is 4.30. The lowest BCUT2D eigenvalue weighted by molar-refractivity contribution is 0.171. The molecule has 26 heavy (non-hydrogen) atoms. The third-order valence-corrected chi connectivity index (χ3v) is 4.60. The van der Waals surface area contributed by atoms with Gasteiger partial charge in [0.1, 0.15) is 13.2 Å². The van der Waals surface area contributed by atoms with Crippen LogP contribution in [0.4, 0.5) is 0 Å². The maximum absolute atomic E-state index is 5.71. The third kappa shape index (κ3) is 4.09. The maximum Gasteiger partial charge on any atom is 0.191 e. The van der Waals surface area contributed by atoms with E-state index in [1.54, 1.807) is 13.2 Å². The van der Waals surface area contributed by atoms with Gasteiger partial charge in [0, 0.05) is 32.3 Å². The smallest absolute Gasteiger partial charge is 0.191 e. The minimum atomic E-state index is -0.0972. The predicted octanol–water partition coefficient (Wildman–Crippen LogP) is 1.83. The zero-order chi connectivity index (χ0) is 18.6. The molecule has 2 heterocycles. The summed E-state index contributed by atoms with van der Waals surface area (Å²) in [6.45, 7) is 6.99. The summed E-state index contributed by atoms with van der Waals surface area (Å²) < 4.78 is 13.2. The highest BCUT2D eigenvalue weighted by atomic mass is 16.6. The number of hydrogen-bond acceptors (Lipinski definition) is 4. The number of ether oxygens (including phenoxy) is 2. The standard InChI is InChI=1S/C19H27N5O2/c1-19(2,14-5-6-16-17(11-14)26-10-9-25-16)13-22-18(20-3)21-12-15-7-8-23-24(15)4/h5-8,11H,9-10,12-13H2,1-4H3,(H2,20,21,22). The van der Waals surface area contributed by atoms with Gasteiger partial charge in [-0.1, -0.05) is 19.9 Å². The second-order valence-corrected chi connectivity index (χ2v) is 6.97. The summed E-state index contributed by atoms with van der Waals surface area (Å²) >= 11 is 0. The zero-order valence-corrected chi connectivity index (χ0v) is 15.9. The van der Waals surface area contributed by atoms with E-state index in [0.29, 0.717) is 19.8 Å². The first kappa shape index (κ1) is 18.1. The molecule has 0 fully saturated rings. The van der Waals surface area contributed by atoms with Crippen molar-refractivity contribution in [2.45, 2.75) is 25.8 Å². The number of aromatic nitrogens is 2. The van der Waals surface area contributed by atoms with Gasteiger partial charge in [0.25, 0.3) is 0 Å². The summed E-state index contributed by atoms with van der Waals surface area (Å²) in [6, 6.07) is 8.14. The van der Waals surface area contributed by atoms with E-state index in [1.165, 1.54) is 5.56 Å². The average Bonchev–Trinajstić information content (AvgIpc) is 3.06. The number of guanidine groups is 1. The lowest BCUT2D eigenvalue weighted by atomic mass is 9.84. The van der Waals surface area contributed by atoms with Crippen molar-refractivity contribution >= 4 is 5.96 Å². The van der Waals surface area contributed by atoms with Crippen molar-refractivity contribution in [2.24, 2.45) is 12.0 Å². The van der Waals surface area contributed by atoms with Crippen molar-refractivity contribution in [3.63, 3.8) is 0 Å². The monoisotopic (exact) mass is 357 g/mol. The minimum absolute atomic E-state index is 0.0972. The Morgan fingerprint density at radius 1 is 1.19 bits per heavy atom. The molecule has 0 amide bonds. The van der Waals surface area contributed by atoms with Crippen LogP contribution in [0.2, 0.25) is 0 Å². The molecule has 7 nitrogen and oxygen atoms in total. The van der Waals surface area contributed by atoms with Gasteiger partial charge in [0.2, 0.25) is 0 Å². The molecule has 7 heteroatoms. The molecule has 3 rings (SSSR count). The van der Waals surface area contributed by atoms with Gasteiger partial charge < -0.3 is 20.1 Å². The number of aliphatic imine (C=N–C) groups is 1. The van der Waals surface area contributed by atoms with Crippen molar-refractivity contribution in [2.75, 3.05) is 26.8 Å². The first-order chi connectivity index (χ1) is 12.5. The third-order valence-electron chi connectivity index (χ3n) is 4.60. The highest BCUT2D eigenvalue weighted by molar-refractivity contribution is 5.79. The van der Waals surface area contributed by atoms with Crippen LogP contribution in [-0.4, -0.2) is 42.5 Å². The Morgan fingerprint density at radius 2 is 1.96 bits per heavy atom. The van der Waals surface area contributed by atoms with Crippen LogP contribution in [-0.2, 0) is 19.0 Å². The van der Waals surface area contributed by atoms with Gasteiger partial charge in [-0.05, 0) is 23.8 Å². The molecule has 1 aromatic heterocycles. The van der Waals surface area contributed by atoms with E-state index in [4.69, 9.17) is 9.47 Å². The molecule has 0 atom stereocenters. The fourth-order valence-corrected chi connectivity index (χ4v) is 2.84. The van der Waals surface area contributed by atoms with Crippen molar-refractivity contribution < 1.29 is 9.47 Å². The average molecular weight is 357 g/mol. The molecule has 1 aromatic carbocycles. The Labute approximate surface area is 154 Å². The molecule has 0 radical (unpaired) electrons. The number of hydrogen-bond donors (Lipinski definition) is 2. The van der Waals surface area contributed by atoms with E-state index >= 15 is 0 Å². The fourth-order valence-electron chi connectivity index (χ4n) is 2.84. The SMILES string of the molecule is CN=C(NCc1ccnn1C)NCC(C)(C)c1ccc2c(c1)OCCO2. The quantitative estimate of drug-likeness (QED) is 0.631. The Bertz CT molecular complexity index is 782. The Kier molecular flexibility index (Phi) is 5.35. The van der Waals surface area contributed by atoms with E-state index in [9.17, 15) is 0 Å². The van der Waals surface area contributed by atoms with Gasteiger partial charge >= 0.3 is 0 Å². The second-order valence-electron chi connectivity index (χ2n) is 6.97. The summed E-state index contributed by atoms with van der Waals surface area (Å²) in [5.74, 6) is 2.40. The van der Waals surface area contributed by atoms with Crippen LogP contribution in [0.15, 0.2) is 35.5 Å². The molecular weight excluding hydrogens is 330 g/mol. The van der Waals surface area contributed by atoms with Crippen molar-refractivity contribution in [1.29, 1.82) is 0 Å². The Balaban J connectivity index is 1.60. The van der Waals surface area contributed by atoms with E-state index < -0.39 is 0 Å². The molecule has 0 bridgehead atoms. The van der Waals surface area contributed by atoms with E-state index in [-0.39, 0.29) is 5.41 Å². The van der Waals surface area contributed by atoms with Crippen LogP contribution in [0.25, 0.3) is 0 Å². The molecule has 0 spiro atoms.